The molecule has 1 N–H and O–H groups in total. The molecule has 2 amide bonds. The number of amides is 2. The van der Waals surface area contributed by atoms with Gasteiger partial charge in [0.2, 0.25) is 5.91 Å². The average molecular weight is 428 g/mol. The number of benzene rings is 2. The summed E-state index contributed by atoms with van der Waals surface area (Å²) in [4.78, 5) is 26.2. The lowest BCUT2D eigenvalue weighted by atomic mass is 10.2. The standard InChI is InChI=1S/C18H17BrClFN2O2/c1-3-23(18(25)14-9-13(21)6-7-15(14)19)10-17(24)22-16-8-12(20)5-4-11(16)2/h4-9H,3,10H2,1-2H3,(H,22,24). The summed E-state index contributed by atoms with van der Waals surface area (Å²) in [5, 5.41) is 3.25. The number of likely N-dealkylation sites (N-methyl/N-ethyl adjacent to an activating group) is 1. The first kappa shape index (κ1) is 19.4. The Morgan fingerprint density at radius 2 is 1.96 bits per heavy atom. The SMILES string of the molecule is CCN(CC(=O)Nc1cc(Cl)ccc1C)C(=O)c1cc(F)ccc1Br. The van der Waals surface area contributed by atoms with Crippen LogP contribution in [0.3, 0.4) is 0 Å². The summed E-state index contributed by atoms with van der Waals surface area (Å²) >= 11 is 9.18. The monoisotopic (exact) mass is 426 g/mol. The van der Waals surface area contributed by atoms with Crippen LogP contribution < -0.4 is 5.32 Å². The third-order valence-electron chi connectivity index (χ3n) is 3.64. The molecule has 0 bridgehead atoms. The smallest absolute Gasteiger partial charge is 0.255 e. The minimum atomic E-state index is -0.512. The second-order valence-corrected chi connectivity index (χ2v) is 6.74. The fourth-order valence-corrected chi connectivity index (χ4v) is 2.84. The van der Waals surface area contributed by atoms with E-state index in [1.54, 1.807) is 25.1 Å². The number of nitrogens with zero attached hydrogens (tertiary/aromatic N) is 1. The first-order valence-corrected chi connectivity index (χ1v) is 8.79. The number of nitrogens with one attached hydrogen (secondary N) is 1. The molecule has 132 valence electrons. The Morgan fingerprint density at radius 3 is 2.64 bits per heavy atom. The van der Waals surface area contributed by atoms with E-state index in [9.17, 15) is 14.0 Å². The second kappa shape index (κ2) is 8.45. The molecule has 2 aromatic carbocycles. The number of hydrogen-bond donors (Lipinski definition) is 1. The maximum Gasteiger partial charge on any atom is 0.255 e. The summed E-state index contributed by atoms with van der Waals surface area (Å²) in [5.41, 5.74) is 1.63. The molecule has 0 aliphatic rings. The van der Waals surface area contributed by atoms with Gasteiger partial charge in [-0.2, -0.15) is 0 Å². The van der Waals surface area contributed by atoms with E-state index in [1.165, 1.54) is 17.0 Å². The molecule has 0 fully saturated rings. The molecule has 0 aliphatic heterocycles. The summed E-state index contributed by atoms with van der Waals surface area (Å²) in [6.07, 6.45) is 0. The summed E-state index contributed by atoms with van der Waals surface area (Å²) in [6.45, 7) is 3.76. The van der Waals surface area contributed by atoms with Crippen molar-refractivity contribution in [1.29, 1.82) is 0 Å². The Balaban J connectivity index is 2.13. The quantitative estimate of drug-likeness (QED) is 0.755. The molecule has 7 heteroatoms. The maximum atomic E-state index is 13.4. The number of halogens is 3. The number of anilines is 1. The highest BCUT2D eigenvalue weighted by atomic mass is 79.9. The highest BCUT2D eigenvalue weighted by molar-refractivity contribution is 9.10. The van der Waals surface area contributed by atoms with Crippen LogP contribution in [-0.4, -0.2) is 29.8 Å². The van der Waals surface area contributed by atoms with Crippen LogP contribution >= 0.6 is 27.5 Å². The van der Waals surface area contributed by atoms with Crippen molar-refractivity contribution in [3.8, 4) is 0 Å². The van der Waals surface area contributed by atoms with Gasteiger partial charge in [0.1, 0.15) is 12.4 Å². The van der Waals surface area contributed by atoms with Gasteiger partial charge in [0.25, 0.3) is 5.91 Å². The van der Waals surface area contributed by atoms with Crippen LogP contribution in [0.2, 0.25) is 5.02 Å². The zero-order valence-corrected chi connectivity index (χ0v) is 16.1. The third kappa shape index (κ3) is 5.03. The van der Waals surface area contributed by atoms with Gasteiger partial charge in [-0.25, -0.2) is 4.39 Å². The van der Waals surface area contributed by atoms with Gasteiger partial charge in [-0.3, -0.25) is 9.59 Å². The van der Waals surface area contributed by atoms with Gasteiger partial charge in [0.15, 0.2) is 0 Å². The lowest BCUT2D eigenvalue weighted by Crippen LogP contribution is -2.38. The molecule has 25 heavy (non-hydrogen) atoms. The lowest BCUT2D eigenvalue weighted by molar-refractivity contribution is -0.116. The predicted molar refractivity (Wildman–Crippen MR) is 100 cm³/mol. The zero-order chi connectivity index (χ0) is 18.6. The van der Waals surface area contributed by atoms with E-state index in [2.05, 4.69) is 21.2 Å². The van der Waals surface area contributed by atoms with Crippen molar-refractivity contribution in [2.75, 3.05) is 18.4 Å². The number of carbonyl (C=O) groups is 2. The fraction of sp³-hybridized carbons (Fsp3) is 0.222. The van der Waals surface area contributed by atoms with Crippen LogP contribution in [0.4, 0.5) is 10.1 Å². The van der Waals surface area contributed by atoms with Crippen molar-refractivity contribution < 1.29 is 14.0 Å². The minimum absolute atomic E-state index is 0.149. The summed E-state index contributed by atoms with van der Waals surface area (Å²) in [7, 11) is 0. The number of aryl methyl sites for hydroxylation is 1. The van der Waals surface area contributed by atoms with E-state index in [4.69, 9.17) is 11.6 Å². The molecule has 0 atom stereocenters. The number of rotatable bonds is 5. The second-order valence-electron chi connectivity index (χ2n) is 5.45. The fourth-order valence-electron chi connectivity index (χ4n) is 2.25. The Morgan fingerprint density at radius 1 is 1.24 bits per heavy atom. The van der Waals surface area contributed by atoms with Gasteiger partial charge >= 0.3 is 0 Å². The first-order valence-electron chi connectivity index (χ1n) is 7.62. The molecule has 0 saturated heterocycles. The molecule has 4 nitrogen and oxygen atoms in total. The number of hydrogen-bond acceptors (Lipinski definition) is 2. The van der Waals surface area contributed by atoms with Gasteiger partial charge in [-0.15, -0.1) is 0 Å². The van der Waals surface area contributed by atoms with Crippen LogP contribution in [-0.2, 0) is 4.79 Å². The van der Waals surface area contributed by atoms with E-state index in [-0.39, 0.29) is 18.0 Å². The van der Waals surface area contributed by atoms with E-state index >= 15 is 0 Å². The van der Waals surface area contributed by atoms with Crippen LogP contribution in [0.5, 0.6) is 0 Å². The molecular weight excluding hydrogens is 411 g/mol. The van der Waals surface area contributed by atoms with Gasteiger partial charge in [0.05, 0.1) is 5.56 Å². The van der Waals surface area contributed by atoms with Gasteiger partial charge in [0, 0.05) is 21.7 Å². The van der Waals surface area contributed by atoms with Crippen molar-refractivity contribution in [2.24, 2.45) is 0 Å². The maximum absolute atomic E-state index is 13.4. The van der Waals surface area contributed by atoms with Crippen molar-refractivity contribution >= 4 is 45.0 Å². The molecule has 0 saturated carbocycles. The minimum Gasteiger partial charge on any atom is -0.330 e. The largest absolute Gasteiger partial charge is 0.330 e. The van der Waals surface area contributed by atoms with Gasteiger partial charge < -0.3 is 10.2 Å². The average Bonchev–Trinajstić information content (AvgIpc) is 2.57. The Kier molecular flexibility index (Phi) is 6.56. The Bertz CT molecular complexity index is 814. The van der Waals surface area contributed by atoms with Crippen LogP contribution in [0, 0.1) is 12.7 Å². The van der Waals surface area contributed by atoms with Gasteiger partial charge in [-0.1, -0.05) is 17.7 Å². The third-order valence-corrected chi connectivity index (χ3v) is 4.56. The van der Waals surface area contributed by atoms with Crippen LogP contribution in [0.15, 0.2) is 40.9 Å². The van der Waals surface area contributed by atoms with Crippen molar-refractivity contribution in [1.82, 2.24) is 4.90 Å². The molecule has 2 rings (SSSR count). The first-order chi connectivity index (χ1) is 11.8. The molecule has 0 aromatic heterocycles. The van der Waals surface area contributed by atoms with Gasteiger partial charge in [-0.05, 0) is 65.7 Å². The van der Waals surface area contributed by atoms with E-state index in [0.29, 0.717) is 21.7 Å². The zero-order valence-electron chi connectivity index (χ0n) is 13.8. The highest BCUT2D eigenvalue weighted by Gasteiger charge is 2.20. The summed E-state index contributed by atoms with van der Waals surface area (Å²) < 4.78 is 13.9. The predicted octanol–water partition coefficient (Wildman–Crippen LogP) is 4.65. The Hall–Kier alpha value is -1.92. The molecule has 0 spiro atoms. The summed E-state index contributed by atoms with van der Waals surface area (Å²) in [5.74, 6) is -1.29. The van der Waals surface area contributed by atoms with E-state index < -0.39 is 11.7 Å². The molecule has 0 heterocycles. The van der Waals surface area contributed by atoms with Crippen LogP contribution in [0.25, 0.3) is 0 Å². The number of carbonyl (C=O) groups excluding carboxylic acids is 2. The van der Waals surface area contributed by atoms with Crippen molar-refractivity contribution in [3.63, 3.8) is 0 Å². The summed E-state index contributed by atoms with van der Waals surface area (Å²) in [6, 6.07) is 9.04. The molecule has 0 aliphatic carbocycles. The highest BCUT2D eigenvalue weighted by Crippen LogP contribution is 2.21. The molecule has 2 aromatic rings. The van der Waals surface area contributed by atoms with E-state index in [1.807, 2.05) is 6.92 Å². The lowest BCUT2D eigenvalue weighted by Gasteiger charge is -2.21. The molecular formula is C18H17BrClFN2O2. The normalized spacial score (nSPS) is 10.4. The Labute approximate surface area is 159 Å². The van der Waals surface area contributed by atoms with Crippen molar-refractivity contribution in [3.05, 3.63) is 62.8 Å². The molecule has 0 unspecified atom stereocenters. The molecule has 0 radical (unpaired) electrons. The van der Waals surface area contributed by atoms with Crippen molar-refractivity contribution in [2.45, 2.75) is 13.8 Å². The van der Waals surface area contributed by atoms with E-state index in [0.717, 1.165) is 11.6 Å². The van der Waals surface area contributed by atoms with Crippen LogP contribution in [0.1, 0.15) is 22.8 Å². The topological polar surface area (TPSA) is 49.4 Å².